The van der Waals surface area contributed by atoms with Crippen LogP contribution in [0, 0.1) is 0 Å². The van der Waals surface area contributed by atoms with Crippen LogP contribution in [0.15, 0.2) is 39.9 Å². The Balaban J connectivity index is 1.32. The highest BCUT2D eigenvalue weighted by molar-refractivity contribution is 6.10. The molecule has 1 spiro atoms. The van der Waals surface area contributed by atoms with Crippen LogP contribution in [-0.4, -0.2) is 85.7 Å². The van der Waals surface area contributed by atoms with Crippen molar-refractivity contribution in [2.45, 2.75) is 24.9 Å². The zero-order valence-corrected chi connectivity index (χ0v) is 21.9. The average Bonchev–Trinajstić information content (AvgIpc) is 3.38. The number of pyridine rings is 2. The number of oxazole rings is 1. The van der Waals surface area contributed by atoms with Gasteiger partial charge in [0.05, 0.1) is 36.7 Å². The summed E-state index contributed by atoms with van der Waals surface area (Å²) >= 11 is 0. The molecule has 3 aromatic rings. The Kier molecular flexibility index (Phi) is 6.88. The van der Waals surface area contributed by atoms with Crippen LogP contribution in [0.5, 0.6) is 0 Å². The number of amides is 1. The largest absolute Gasteiger partial charge is 0.422 e. The third-order valence-corrected chi connectivity index (χ3v) is 7.55. The topological polar surface area (TPSA) is 144 Å². The fourth-order valence-corrected chi connectivity index (χ4v) is 5.23. The highest BCUT2D eigenvalue weighted by atomic mass is 16.5. The summed E-state index contributed by atoms with van der Waals surface area (Å²) in [5.74, 6) is 0.628. The molecule has 0 aliphatic carbocycles. The maximum atomic E-state index is 13.7. The molecule has 3 N–H and O–H groups in total. The van der Waals surface area contributed by atoms with Crippen LogP contribution in [0.3, 0.4) is 0 Å². The van der Waals surface area contributed by atoms with Crippen molar-refractivity contribution >= 4 is 46.6 Å². The molecule has 6 heterocycles. The van der Waals surface area contributed by atoms with Crippen molar-refractivity contribution in [1.82, 2.24) is 15.0 Å². The SMILES string of the molecule is CN=C/C(=C\N)c1cccc(NC(=O)c2cc3oc(N4CCOCC4)nc3nc2N2CCC3(CCO3)CC2)n1. The lowest BCUT2D eigenvalue weighted by atomic mass is 9.84. The van der Waals surface area contributed by atoms with Crippen molar-refractivity contribution < 1.29 is 18.7 Å². The summed E-state index contributed by atoms with van der Waals surface area (Å²) in [6.45, 7) is 4.89. The number of hydrogen-bond donors (Lipinski definition) is 2. The Morgan fingerprint density at radius 2 is 1.87 bits per heavy atom. The van der Waals surface area contributed by atoms with Crippen molar-refractivity contribution in [3.05, 3.63) is 41.7 Å². The van der Waals surface area contributed by atoms with Gasteiger partial charge in [-0.15, -0.1) is 0 Å². The number of rotatable bonds is 6. The van der Waals surface area contributed by atoms with Crippen molar-refractivity contribution in [3.63, 3.8) is 0 Å². The lowest BCUT2D eigenvalue weighted by Crippen LogP contribution is -2.52. The molecule has 12 heteroatoms. The standard InChI is InChI=1S/C27H32N8O4/c1-29-17-18(16-28)20-3-2-4-22(30-20)31-25(36)19-15-21-23(33-26(39-21)35-10-13-37-14-11-35)32-24(19)34-8-5-27(6-9-34)7-12-38-27/h2-4,15-17H,5-14,28H2,1H3,(H,30,31,36)/b18-16+,29-17?. The zero-order chi connectivity index (χ0) is 26.8. The Morgan fingerprint density at radius 1 is 1.08 bits per heavy atom. The van der Waals surface area contributed by atoms with E-state index in [4.69, 9.17) is 24.6 Å². The summed E-state index contributed by atoms with van der Waals surface area (Å²) in [5, 5.41) is 2.93. The smallest absolute Gasteiger partial charge is 0.300 e. The fraction of sp³-hybridized carbons (Fsp3) is 0.444. The highest BCUT2D eigenvalue weighted by Gasteiger charge is 2.42. The van der Waals surface area contributed by atoms with Crippen LogP contribution in [0.25, 0.3) is 16.8 Å². The molecular weight excluding hydrogens is 500 g/mol. The van der Waals surface area contributed by atoms with E-state index in [2.05, 4.69) is 25.2 Å². The average molecular weight is 533 g/mol. The van der Waals surface area contributed by atoms with Gasteiger partial charge in [-0.2, -0.15) is 4.98 Å². The van der Waals surface area contributed by atoms with Gasteiger partial charge in [0.1, 0.15) is 11.6 Å². The van der Waals surface area contributed by atoms with Crippen LogP contribution in [0.1, 0.15) is 35.3 Å². The molecule has 0 bridgehead atoms. The maximum absolute atomic E-state index is 13.7. The summed E-state index contributed by atoms with van der Waals surface area (Å²) < 4.78 is 17.4. The molecule has 3 saturated heterocycles. The number of anilines is 3. The summed E-state index contributed by atoms with van der Waals surface area (Å²) in [4.78, 5) is 36.0. The number of nitrogens with zero attached hydrogens (tertiary/aromatic N) is 6. The van der Waals surface area contributed by atoms with Gasteiger partial charge in [-0.25, -0.2) is 9.97 Å². The van der Waals surface area contributed by atoms with E-state index in [-0.39, 0.29) is 11.5 Å². The van der Waals surface area contributed by atoms with Crippen LogP contribution in [0.2, 0.25) is 0 Å². The number of allylic oxidation sites excluding steroid dienone is 1. The third-order valence-electron chi connectivity index (χ3n) is 7.55. The minimum absolute atomic E-state index is 0.0270. The minimum atomic E-state index is -0.337. The number of piperidine rings is 1. The number of carbonyl (C=O) groups excluding carboxylic acids is 1. The molecule has 6 rings (SSSR count). The van der Waals surface area contributed by atoms with Crippen molar-refractivity contribution in [2.75, 3.05) is 68.2 Å². The Labute approximate surface area is 225 Å². The molecular formula is C27H32N8O4. The summed E-state index contributed by atoms with van der Waals surface area (Å²) in [5.41, 5.74) is 8.29. The van der Waals surface area contributed by atoms with Gasteiger partial charge in [-0.05, 0) is 31.4 Å². The van der Waals surface area contributed by atoms with E-state index in [1.807, 2.05) is 11.0 Å². The van der Waals surface area contributed by atoms with E-state index >= 15 is 0 Å². The van der Waals surface area contributed by atoms with Crippen LogP contribution < -0.4 is 20.9 Å². The third kappa shape index (κ3) is 5.04. The van der Waals surface area contributed by atoms with Gasteiger partial charge in [0.25, 0.3) is 11.9 Å². The molecule has 39 heavy (non-hydrogen) atoms. The number of nitrogens with one attached hydrogen (secondary N) is 1. The van der Waals surface area contributed by atoms with Gasteiger partial charge in [0.2, 0.25) is 5.65 Å². The van der Waals surface area contributed by atoms with E-state index < -0.39 is 0 Å². The van der Waals surface area contributed by atoms with E-state index in [1.54, 1.807) is 31.5 Å². The maximum Gasteiger partial charge on any atom is 0.300 e. The number of fused-ring (bicyclic) bond motifs is 1. The zero-order valence-electron chi connectivity index (χ0n) is 21.9. The molecule has 3 aliphatic heterocycles. The molecule has 0 aromatic carbocycles. The van der Waals surface area contributed by atoms with E-state index in [0.29, 0.717) is 72.0 Å². The Bertz CT molecular complexity index is 1410. The van der Waals surface area contributed by atoms with Crippen LogP contribution in [-0.2, 0) is 9.47 Å². The number of aliphatic imine (C=N–C) groups is 1. The molecule has 0 atom stereocenters. The van der Waals surface area contributed by atoms with Gasteiger partial charge in [0, 0.05) is 57.3 Å². The predicted molar refractivity (Wildman–Crippen MR) is 148 cm³/mol. The fourth-order valence-electron chi connectivity index (χ4n) is 5.23. The van der Waals surface area contributed by atoms with Gasteiger partial charge in [-0.1, -0.05) is 6.07 Å². The lowest BCUT2D eigenvalue weighted by Gasteiger charge is -2.48. The molecule has 204 valence electrons. The molecule has 3 aromatic heterocycles. The predicted octanol–water partition coefficient (Wildman–Crippen LogP) is 2.47. The first kappa shape index (κ1) is 25.3. The number of hydrogen-bond acceptors (Lipinski definition) is 11. The molecule has 0 unspecified atom stereocenters. The summed E-state index contributed by atoms with van der Waals surface area (Å²) in [7, 11) is 1.66. The van der Waals surface area contributed by atoms with E-state index in [9.17, 15) is 4.79 Å². The quantitative estimate of drug-likeness (QED) is 0.454. The van der Waals surface area contributed by atoms with Gasteiger partial charge in [-0.3, -0.25) is 9.79 Å². The molecule has 12 nitrogen and oxygen atoms in total. The highest BCUT2D eigenvalue weighted by Crippen LogP contribution is 2.39. The van der Waals surface area contributed by atoms with Crippen molar-refractivity contribution in [3.8, 4) is 0 Å². The van der Waals surface area contributed by atoms with Crippen molar-refractivity contribution in [2.24, 2.45) is 10.7 Å². The second-order valence-electron chi connectivity index (χ2n) is 9.92. The first-order valence-electron chi connectivity index (χ1n) is 13.2. The van der Waals surface area contributed by atoms with Crippen LogP contribution in [0.4, 0.5) is 17.7 Å². The number of ether oxygens (including phenoxy) is 2. The first-order valence-corrected chi connectivity index (χ1v) is 13.2. The van der Waals surface area contributed by atoms with Crippen molar-refractivity contribution in [1.29, 1.82) is 0 Å². The number of carbonyl (C=O) groups is 1. The number of nitrogens with two attached hydrogens (primary N) is 1. The van der Waals surface area contributed by atoms with E-state index in [1.165, 1.54) is 6.20 Å². The molecule has 3 aliphatic rings. The second kappa shape index (κ2) is 10.6. The molecule has 0 radical (unpaired) electrons. The van der Waals surface area contributed by atoms with E-state index in [0.717, 1.165) is 39.0 Å². The normalized spacial score (nSPS) is 19.6. The number of aromatic nitrogens is 3. The van der Waals surface area contributed by atoms with Crippen LogP contribution >= 0.6 is 0 Å². The molecule has 3 fully saturated rings. The molecule has 0 saturated carbocycles. The second-order valence-corrected chi connectivity index (χ2v) is 9.92. The summed E-state index contributed by atoms with van der Waals surface area (Å²) in [6.07, 6.45) is 5.91. The van der Waals surface area contributed by atoms with Gasteiger partial charge < -0.3 is 34.7 Å². The Hall–Kier alpha value is -4.03. The summed E-state index contributed by atoms with van der Waals surface area (Å²) in [6, 6.07) is 7.56. The lowest BCUT2D eigenvalue weighted by molar-refractivity contribution is -0.158. The monoisotopic (exact) mass is 532 g/mol. The van der Waals surface area contributed by atoms with Gasteiger partial charge in [0.15, 0.2) is 5.58 Å². The number of morpholine rings is 1. The van der Waals surface area contributed by atoms with Gasteiger partial charge >= 0.3 is 0 Å². The minimum Gasteiger partial charge on any atom is -0.422 e. The first-order chi connectivity index (χ1) is 19.1. The Morgan fingerprint density at radius 3 is 2.56 bits per heavy atom. The molecule has 1 amide bonds.